The summed E-state index contributed by atoms with van der Waals surface area (Å²) in [4.78, 5) is 20.8. The van der Waals surface area contributed by atoms with Crippen molar-refractivity contribution in [3.05, 3.63) is 23.9 Å². The summed E-state index contributed by atoms with van der Waals surface area (Å²) in [5.74, 6) is 0.943. The average Bonchev–Trinajstić information content (AvgIpc) is 2.60. The van der Waals surface area contributed by atoms with Gasteiger partial charge in [-0.05, 0) is 31.5 Å². The van der Waals surface area contributed by atoms with E-state index in [4.69, 9.17) is 9.47 Å². The molecule has 0 radical (unpaired) electrons. The van der Waals surface area contributed by atoms with Crippen LogP contribution in [0.1, 0.15) is 19.4 Å². The van der Waals surface area contributed by atoms with Crippen molar-refractivity contribution in [2.75, 3.05) is 44.3 Å². The lowest BCUT2D eigenvalue weighted by Crippen LogP contribution is -2.51. The second-order valence-corrected chi connectivity index (χ2v) is 6.44. The first-order valence-corrected chi connectivity index (χ1v) is 8.57. The van der Waals surface area contributed by atoms with Crippen molar-refractivity contribution in [2.24, 2.45) is 0 Å². The van der Waals surface area contributed by atoms with Crippen molar-refractivity contribution in [2.45, 2.75) is 32.6 Å². The van der Waals surface area contributed by atoms with Gasteiger partial charge in [0.2, 0.25) is 0 Å². The van der Waals surface area contributed by atoms with Gasteiger partial charge in [0.05, 0.1) is 25.4 Å². The van der Waals surface area contributed by atoms with Crippen molar-refractivity contribution < 1.29 is 14.3 Å². The maximum Gasteiger partial charge on any atom is 0.317 e. The molecule has 0 bridgehead atoms. The molecule has 7 nitrogen and oxygen atoms in total. The molecule has 1 aromatic rings. The fourth-order valence-corrected chi connectivity index (χ4v) is 3.17. The van der Waals surface area contributed by atoms with Crippen molar-refractivity contribution >= 4 is 11.8 Å². The monoisotopic (exact) mass is 334 g/mol. The summed E-state index contributed by atoms with van der Waals surface area (Å²) >= 11 is 0. The number of nitrogens with one attached hydrogen (secondary N) is 1. The molecule has 2 aliphatic rings. The molecule has 0 unspecified atom stereocenters. The van der Waals surface area contributed by atoms with Crippen LogP contribution in [0.15, 0.2) is 18.3 Å². The molecule has 7 heteroatoms. The maximum atomic E-state index is 12.4. The number of nitrogens with zero attached hydrogens (tertiary/aromatic N) is 3. The molecule has 0 saturated carbocycles. The van der Waals surface area contributed by atoms with Gasteiger partial charge >= 0.3 is 6.03 Å². The zero-order valence-corrected chi connectivity index (χ0v) is 14.4. The summed E-state index contributed by atoms with van der Waals surface area (Å²) in [5.41, 5.74) is 1.05. The number of ether oxygens (including phenoxy) is 2. The Bertz CT molecular complexity index is 553. The Labute approximate surface area is 142 Å². The van der Waals surface area contributed by atoms with Crippen LogP contribution in [0.5, 0.6) is 0 Å². The van der Waals surface area contributed by atoms with Crippen LogP contribution < -0.4 is 10.2 Å². The van der Waals surface area contributed by atoms with E-state index in [2.05, 4.69) is 15.2 Å². The van der Waals surface area contributed by atoms with Gasteiger partial charge in [-0.1, -0.05) is 0 Å². The molecule has 1 aromatic heterocycles. The number of urea groups is 1. The third-order valence-electron chi connectivity index (χ3n) is 4.30. The topological polar surface area (TPSA) is 66.9 Å². The van der Waals surface area contributed by atoms with Crippen molar-refractivity contribution in [3.63, 3.8) is 0 Å². The van der Waals surface area contributed by atoms with Gasteiger partial charge in [-0.3, -0.25) is 0 Å². The molecule has 0 aromatic carbocycles. The lowest BCUT2D eigenvalue weighted by Gasteiger charge is -2.35. The Morgan fingerprint density at radius 2 is 2.00 bits per heavy atom. The second kappa shape index (κ2) is 7.81. The number of carbonyl (C=O) groups is 1. The van der Waals surface area contributed by atoms with Crippen molar-refractivity contribution in [3.8, 4) is 0 Å². The van der Waals surface area contributed by atoms with Crippen LogP contribution in [-0.2, 0) is 16.0 Å². The quantitative estimate of drug-likeness (QED) is 0.901. The van der Waals surface area contributed by atoms with Gasteiger partial charge in [-0.15, -0.1) is 0 Å². The molecule has 3 heterocycles. The van der Waals surface area contributed by atoms with E-state index in [1.54, 1.807) is 6.20 Å². The molecule has 2 amide bonds. The molecule has 24 heavy (non-hydrogen) atoms. The molecule has 3 rings (SSSR count). The molecule has 2 saturated heterocycles. The molecule has 0 aliphatic carbocycles. The van der Waals surface area contributed by atoms with Gasteiger partial charge in [0, 0.05) is 38.9 Å². The van der Waals surface area contributed by atoms with Gasteiger partial charge in [-0.25, -0.2) is 9.78 Å². The summed E-state index contributed by atoms with van der Waals surface area (Å²) in [6.07, 6.45) is 1.95. The van der Waals surface area contributed by atoms with Gasteiger partial charge < -0.3 is 24.6 Å². The first kappa shape index (κ1) is 17.0. The average molecular weight is 334 g/mol. The number of rotatable bonds is 3. The highest BCUT2D eigenvalue weighted by molar-refractivity contribution is 5.74. The number of amides is 2. The van der Waals surface area contributed by atoms with Gasteiger partial charge in [-0.2, -0.15) is 0 Å². The summed E-state index contributed by atoms with van der Waals surface area (Å²) in [5, 5.41) is 3.00. The van der Waals surface area contributed by atoms with E-state index in [0.717, 1.165) is 37.7 Å². The number of hydrogen-bond donors (Lipinski definition) is 1. The van der Waals surface area contributed by atoms with Crippen LogP contribution in [0.4, 0.5) is 10.6 Å². The van der Waals surface area contributed by atoms with Gasteiger partial charge in [0.15, 0.2) is 0 Å². The van der Waals surface area contributed by atoms with Gasteiger partial charge in [0.1, 0.15) is 5.82 Å². The third kappa shape index (κ3) is 4.36. The van der Waals surface area contributed by atoms with Crippen LogP contribution >= 0.6 is 0 Å². The third-order valence-corrected chi connectivity index (χ3v) is 4.30. The second-order valence-electron chi connectivity index (χ2n) is 6.44. The minimum atomic E-state index is -0.0401. The van der Waals surface area contributed by atoms with E-state index < -0.39 is 0 Å². The zero-order valence-electron chi connectivity index (χ0n) is 14.4. The molecular weight excluding hydrogens is 308 g/mol. The zero-order chi connectivity index (χ0) is 16.9. The van der Waals surface area contributed by atoms with E-state index in [9.17, 15) is 4.79 Å². The van der Waals surface area contributed by atoms with Crippen molar-refractivity contribution in [1.82, 2.24) is 15.2 Å². The predicted molar refractivity (Wildman–Crippen MR) is 91.1 cm³/mol. The Balaban J connectivity index is 1.55. The molecule has 2 atom stereocenters. The normalized spacial score (nSPS) is 24.8. The Morgan fingerprint density at radius 3 is 2.71 bits per heavy atom. The van der Waals surface area contributed by atoms with Crippen LogP contribution in [0, 0.1) is 0 Å². The van der Waals surface area contributed by atoms with E-state index in [0.29, 0.717) is 19.6 Å². The highest BCUT2D eigenvalue weighted by atomic mass is 16.5. The predicted octanol–water partition coefficient (Wildman–Crippen LogP) is 1.24. The van der Waals surface area contributed by atoms with Crippen LogP contribution in [0.3, 0.4) is 0 Å². The van der Waals surface area contributed by atoms with E-state index in [-0.39, 0.29) is 18.2 Å². The highest BCUT2D eigenvalue weighted by Gasteiger charge is 2.25. The Kier molecular flexibility index (Phi) is 5.52. The fraction of sp³-hybridized carbons (Fsp3) is 0.647. The number of aromatic nitrogens is 1. The lowest BCUT2D eigenvalue weighted by molar-refractivity contribution is -0.0545. The van der Waals surface area contributed by atoms with Crippen molar-refractivity contribution in [1.29, 1.82) is 0 Å². The number of carbonyl (C=O) groups excluding carboxylic acids is 1. The Hall–Kier alpha value is -1.86. The van der Waals surface area contributed by atoms with Crippen LogP contribution in [0.25, 0.3) is 0 Å². The first-order chi connectivity index (χ1) is 11.6. The number of hydrogen-bond acceptors (Lipinski definition) is 5. The molecule has 2 fully saturated rings. The number of anilines is 1. The number of morpholine rings is 2. The number of pyridine rings is 1. The van der Waals surface area contributed by atoms with Crippen LogP contribution in [-0.4, -0.2) is 67.5 Å². The maximum absolute atomic E-state index is 12.4. The SMILES string of the molecule is C[C@@H]1CN(C(=O)NCc2ccnc(N3CCOCC3)c2)C[C@H](C)O1. The highest BCUT2D eigenvalue weighted by Crippen LogP contribution is 2.15. The molecular formula is C17H26N4O3. The standard InChI is InChI=1S/C17H26N4O3/c1-13-11-21(12-14(2)24-13)17(22)19-10-15-3-4-18-16(9-15)20-5-7-23-8-6-20/h3-4,9,13-14H,5-8,10-12H2,1-2H3,(H,19,22)/t13-,14+. The summed E-state index contributed by atoms with van der Waals surface area (Å²) in [6.45, 7) is 8.92. The van der Waals surface area contributed by atoms with E-state index in [1.807, 2.05) is 30.9 Å². The molecule has 2 aliphatic heterocycles. The largest absolute Gasteiger partial charge is 0.378 e. The molecule has 0 spiro atoms. The van der Waals surface area contributed by atoms with Gasteiger partial charge in [0.25, 0.3) is 0 Å². The summed E-state index contributed by atoms with van der Waals surface area (Å²) in [7, 11) is 0. The molecule has 132 valence electrons. The molecule has 1 N–H and O–H groups in total. The van der Waals surface area contributed by atoms with E-state index in [1.165, 1.54) is 0 Å². The Morgan fingerprint density at radius 1 is 1.29 bits per heavy atom. The minimum Gasteiger partial charge on any atom is -0.378 e. The fourth-order valence-electron chi connectivity index (χ4n) is 3.17. The minimum absolute atomic E-state index is 0.0401. The summed E-state index contributed by atoms with van der Waals surface area (Å²) in [6, 6.07) is 3.94. The smallest absolute Gasteiger partial charge is 0.317 e. The first-order valence-electron chi connectivity index (χ1n) is 8.57. The lowest BCUT2D eigenvalue weighted by atomic mass is 10.2. The van der Waals surface area contributed by atoms with E-state index >= 15 is 0 Å². The summed E-state index contributed by atoms with van der Waals surface area (Å²) < 4.78 is 11.0. The van der Waals surface area contributed by atoms with Crippen LogP contribution in [0.2, 0.25) is 0 Å².